The van der Waals surface area contributed by atoms with E-state index in [9.17, 15) is 20.6 Å². The molecule has 0 unspecified atom stereocenters. The molecular weight excluding hydrogens is 470 g/mol. The third-order valence-corrected chi connectivity index (χ3v) is 6.89. The molecule has 1 amide bonds. The number of benzene rings is 2. The summed E-state index contributed by atoms with van der Waals surface area (Å²) in [6, 6.07) is 20.7. The summed E-state index contributed by atoms with van der Waals surface area (Å²) in [7, 11) is 3.00. The van der Waals surface area contributed by atoms with Crippen molar-refractivity contribution in [2.45, 2.75) is 12.5 Å². The maximum Gasteiger partial charge on any atom is 0.410 e. The van der Waals surface area contributed by atoms with Crippen molar-refractivity contribution in [3.05, 3.63) is 82.6 Å². The number of allylic oxidation sites excluding steroid dienone is 2. The van der Waals surface area contributed by atoms with Gasteiger partial charge < -0.3 is 24.8 Å². The summed E-state index contributed by atoms with van der Waals surface area (Å²) in [6.45, 7) is 0.428. The Hall–Kier alpha value is -4.94. The van der Waals surface area contributed by atoms with Gasteiger partial charge >= 0.3 is 6.09 Å². The van der Waals surface area contributed by atoms with Crippen molar-refractivity contribution >= 4 is 6.09 Å². The third kappa shape index (κ3) is 4.30. The molecule has 2 aliphatic rings. The molecule has 1 aliphatic heterocycles. The lowest BCUT2D eigenvalue weighted by atomic mass is 9.58. The summed E-state index contributed by atoms with van der Waals surface area (Å²) in [4.78, 5) is 14.5. The second kappa shape index (κ2) is 10.4. The van der Waals surface area contributed by atoms with Crippen LogP contribution in [-0.4, -0.2) is 38.3 Å². The highest BCUT2D eigenvalue weighted by atomic mass is 16.6. The number of nitrogens with zero attached hydrogens (tertiary/aromatic N) is 4. The van der Waals surface area contributed by atoms with E-state index in [1.165, 1.54) is 19.1 Å². The lowest BCUT2D eigenvalue weighted by Gasteiger charge is -2.45. The number of rotatable bonds is 5. The first-order valence-corrected chi connectivity index (χ1v) is 11.5. The zero-order chi connectivity index (χ0) is 26.6. The number of methoxy groups -OCH3 is 2. The van der Waals surface area contributed by atoms with Crippen LogP contribution in [0.1, 0.15) is 17.0 Å². The zero-order valence-electron chi connectivity index (χ0n) is 20.5. The average Bonchev–Trinajstić information content (AvgIpc) is 2.95. The van der Waals surface area contributed by atoms with Crippen LogP contribution in [0.5, 0.6) is 11.5 Å². The Bertz CT molecular complexity index is 1380. The topological polar surface area (TPSA) is 145 Å². The molecule has 9 nitrogen and oxygen atoms in total. The fraction of sp³-hybridized carbons (Fsp3) is 0.286. The van der Waals surface area contributed by atoms with E-state index in [4.69, 9.17) is 19.9 Å². The Morgan fingerprint density at radius 2 is 1.78 bits per heavy atom. The van der Waals surface area contributed by atoms with E-state index in [0.29, 0.717) is 22.6 Å². The van der Waals surface area contributed by atoms with Crippen molar-refractivity contribution in [3.8, 4) is 29.7 Å². The Kier molecular flexibility index (Phi) is 7.04. The molecule has 1 heterocycles. The fourth-order valence-corrected chi connectivity index (χ4v) is 5.06. The first-order valence-electron chi connectivity index (χ1n) is 11.5. The van der Waals surface area contributed by atoms with Gasteiger partial charge in [-0.15, -0.1) is 0 Å². The van der Waals surface area contributed by atoms with Crippen molar-refractivity contribution in [3.63, 3.8) is 0 Å². The van der Waals surface area contributed by atoms with Gasteiger partial charge in [0.15, 0.2) is 16.9 Å². The number of amides is 1. The molecule has 0 radical (unpaired) electrons. The average molecular weight is 496 g/mol. The van der Waals surface area contributed by atoms with E-state index >= 15 is 0 Å². The Labute approximate surface area is 215 Å². The van der Waals surface area contributed by atoms with Crippen LogP contribution in [0.3, 0.4) is 0 Å². The third-order valence-electron chi connectivity index (χ3n) is 6.89. The highest BCUT2D eigenvalue weighted by molar-refractivity contribution is 5.69. The van der Waals surface area contributed by atoms with Gasteiger partial charge in [-0.25, -0.2) is 4.79 Å². The molecule has 0 bridgehead atoms. The molecule has 9 heteroatoms. The van der Waals surface area contributed by atoms with Crippen molar-refractivity contribution in [1.29, 1.82) is 15.8 Å². The molecule has 186 valence electrons. The van der Waals surface area contributed by atoms with Gasteiger partial charge in [0, 0.05) is 24.9 Å². The first kappa shape index (κ1) is 25.2. The monoisotopic (exact) mass is 495 g/mol. The van der Waals surface area contributed by atoms with E-state index in [1.54, 1.807) is 24.3 Å². The maximum absolute atomic E-state index is 13.0. The van der Waals surface area contributed by atoms with Gasteiger partial charge in [0.05, 0.1) is 37.6 Å². The number of nitrogens with two attached hydrogens (primary N) is 1. The molecule has 1 aliphatic carbocycles. The Balaban J connectivity index is 1.77. The minimum Gasteiger partial charge on any atom is -0.493 e. The minimum atomic E-state index is -1.84. The van der Waals surface area contributed by atoms with Crippen LogP contribution < -0.4 is 15.2 Å². The molecule has 2 N–H and O–H groups in total. The quantitative estimate of drug-likeness (QED) is 0.660. The number of fused-ring (bicyclic) bond motifs is 1. The summed E-state index contributed by atoms with van der Waals surface area (Å²) in [5.41, 5.74) is 6.57. The van der Waals surface area contributed by atoms with E-state index in [1.807, 2.05) is 30.3 Å². The molecular formula is C28H25N5O4. The van der Waals surface area contributed by atoms with Gasteiger partial charge in [-0.3, -0.25) is 0 Å². The van der Waals surface area contributed by atoms with Crippen LogP contribution in [0.15, 0.2) is 71.5 Å². The van der Waals surface area contributed by atoms with Crippen LogP contribution in [-0.2, 0) is 11.3 Å². The van der Waals surface area contributed by atoms with Crippen molar-refractivity contribution in [2.24, 2.45) is 17.1 Å². The van der Waals surface area contributed by atoms with Crippen LogP contribution in [0.25, 0.3) is 0 Å². The van der Waals surface area contributed by atoms with Gasteiger partial charge in [0.1, 0.15) is 12.7 Å². The maximum atomic E-state index is 13.0. The van der Waals surface area contributed by atoms with Crippen LogP contribution in [0, 0.1) is 45.3 Å². The Morgan fingerprint density at radius 1 is 1.08 bits per heavy atom. The van der Waals surface area contributed by atoms with Crippen LogP contribution in [0.4, 0.5) is 4.79 Å². The largest absolute Gasteiger partial charge is 0.493 e. The molecule has 0 spiro atoms. The van der Waals surface area contributed by atoms with Gasteiger partial charge in [-0.05, 0) is 28.8 Å². The number of hydrogen-bond acceptors (Lipinski definition) is 8. The van der Waals surface area contributed by atoms with E-state index in [2.05, 4.69) is 18.2 Å². The van der Waals surface area contributed by atoms with Crippen molar-refractivity contribution in [1.82, 2.24) is 4.90 Å². The first-order chi connectivity index (χ1) is 17.9. The lowest BCUT2D eigenvalue weighted by Crippen LogP contribution is -2.49. The molecule has 2 atom stereocenters. The molecule has 2 aromatic carbocycles. The standard InChI is InChI=1S/C28H25N5O4/c1-35-23-9-8-19(12-24(23)36-2)25-22-14-33(27(34)37-15-18-6-4-3-5-7-18)11-10-20(22)21(13-29)26(32)28(25,16-30)17-31/h3-10,12,22,25H,11,14-15,32H2,1-2H3/t22-,25-/m1/s1. The van der Waals surface area contributed by atoms with Gasteiger partial charge in [-0.1, -0.05) is 42.5 Å². The van der Waals surface area contributed by atoms with Crippen molar-refractivity contribution in [2.75, 3.05) is 27.3 Å². The molecule has 0 aromatic heterocycles. The number of carbonyl (C=O) groups is 1. The number of nitriles is 3. The molecule has 0 fully saturated rings. The van der Waals surface area contributed by atoms with E-state index in [-0.39, 0.29) is 31.0 Å². The molecule has 37 heavy (non-hydrogen) atoms. The summed E-state index contributed by atoms with van der Waals surface area (Å²) in [5, 5.41) is 30.5. The van der Waals surface area contributed by atoms with Gasteiger partial charge in [0.2, 0.25) is 0 Å². The molecule has 0 saturated heterocycles. The highest BCUT2D eigenvalue weighted by Gasteiger charge is 2.55. The van der Waals surface area contributed by atoms with Gasteiger partial charge in [0.25, 0.3) is 0 Å². The highest BCUT2D eigenvalue weighted by Crippen LogP contribution is 2.54. The zero-order valence-corrected chi connectivity index (χ0v) is 20.5. The predicted octanol–water partition coefficient (Wildman–Crippen LogP) is 3.77. The van der Waals surface area contributed by atoms with Gasteiger partial charge in [-0.2, -0.15) is 15.8 Å². The summed E-state index contributed by atoms with van der Waals surface area (Å²) < 4.78 is 16.3. The van der Waals surface area contributed by atoms with Crippen LogP contribution >= 0.6 is 0 Å². The van der Waals surface area contributed by atoms with E-state index in [0.717, 1.165) is 5.56 Å². The van der Waals surface area contributed by atoms with Crippen molar-refractivity contribution < 1.29 is 19.0 Å². The predicted molar refractivity (Wildman–Crippen MR) is 133 cm³/mol. The van der Waals surface area contributed by atoms with Crippen LogP contribution in [0.2, 0.25) is 0 Å². The summed E-state index contributed by atoms with van der Waals surface area (Å²) in [5.74, 6) is -0.472. The molecule has 2 aromatic rings. The molecule has 4 rings (SSSR count). The summed E-state index contributed by atoms with van der Waals surface area (Å²) >= 11 is 0. The summed E-state index contributed by atoms with van der Waals surface area (Å²) in [6.07, 6.45) is 1.21. The Morgan fingerprint density at radius 3 is 2.41 bits per heavy atom. The smallest absolute Gasteiger partial charge is 0.410 e. The lowest BCUT2D eigenvalue weighted by molar-refractivity contribution is 0.0898. The number of ether oxygens (including phenoxy) is 3. The molecule has 0 saturated carbocycles. The van der Waals surface area contributed by atoms with E-state index < -0.39 is 23.3 Å². The number of carbonyl (C=O) groups excluding carboxylic acids is 1. The number of hydrogen-bond donors (Lipinski definition) is 1. The second-order valence-corrected chi connectivity index (χ2v) is 8.74. The minimum absolute atomic E-state index is 0.0950. The SMILES string of the molecule is COc1ccc([C@@H]2[C@@H]3CN(C(=O)OCc4ccccc4)CC=C3C(C#N)=C(N)C2(C#N)C#N)cc1OC. The fourth-order valence-electron chi connectivity index (χ4n) is 5.06. The second-order valence-electron chi connectivity index (χ2n) is 8.74. The normalized spacial score (nSPS) is 19.9.